The molecule has 0 spiro atoms. The van der Waals surface area contributed by atoms with E-state index in [4.69, 9.17) is 5.11 Å². The highest BCUT2D eigenvalue weighted by Gasteiger charge is 2.07. The van der Waals surface area contributed by atoms with Crippen LogP contribution in [0.5, 0.6) is 0 Å². The zero-order valence-corrected chi connectivity index (χ0v) is 12.0. The molecule has 3 aromatic rings. The number of hydrogen-bond acceptors (Lipinski definition) is 4. The van der Waals surface area contributed by atoms with Crippen molar-refractivity contribution < 1.29 is 5.11 Å². The third-order valence-corrected chi connectivity index (χ3v) is 4.20. The van der Waals surface area contributed by atoms with Crippen LogP contribution in [0.25, 0.3) is 10.2 Å². The number of aromatic nitrogens is 1. The monoisotopic (exact) mass is 284 g/mol. The predicted octanol–water partition coefficient (Wildman–Crippen LogP) is 3.96. The van der Waals surface area contributed by atoms with Crippen molar-refractivity contribution in [2.75, 3.05) is 5.32 Å². The summed E-state index contributed by atoms with van der Waals surface area (Å²) in [6.07, 6.45) is 1.93. The molecule has 2 N–H and O–H groups in total. The van der Waals surface area contributed by atoms with Crippen molar-refractivity contribution in [1.29, 1.82) is 0 Å². The van der Waals surface area contributed by atoms with E-state index in [0.717, 1.165) is 16.8 Å². The smallest absolute Gasteiger partial charge is 0.0809 e. The lowest BCUT2D eigenvalue weighted by Crippen LogP contribution is -2.06. The predicted molar refractivity (Wildman–Crippen MR) is 84.0 cm³/mol. The molecule has 0 radical (unpaired) electrons. The van der Waals surface area contributed by atoms with E-state index in [2.05, 4.69) is 28.7 Å². The van der Waals surface area contributed by atoms with Gasteiger partial charge in [0.25, 0.3) is 0 Å². The molecule has 0 aliphatic carbocycles. The highest BCUT2D eigenvalue weighted by Crippen LogP contribution is 2.25. The fourth-order valence-corrected chi connectivity index (χ4v) is 2.93. The Labute approximate surface area is 121 Å². The Morgan fingerprint density at radius 3 is 2.80 bits per heavy atom. The normalized spacial score (nSPS) is 12.5. The van der Waals surface area contributed by atoms with Crippen molar-refractivity contribution in [3.63, 3.8) is 0 Å². The molecule has 2 heterocycles. The van der Waals surface area contributed by atoms with Gasteiger partial charge in [0.15, 0.2) is 0 Å². The maximum Gasteiger partial charge on any atom is 0.0809 e. The van der Waals surface area contributed by atoms with Gasteiger partial charge in [-0.05, 0) is 47.7 Å². The molecule has 0 saturated carbocycles. The number of hydrogen-bond donors (Lipinski definition) is 2. The number of thiophene rings is 1. The van der Waals surface area contributed by atoms with Crippen molar-refractivity contribution in [3.05, 3.63) is 59.1 Å². The van der Waals surface area contributed by atoms with Crippen LogP contribution in [-0.2, 0) is 6.61 Å². The summed E-state index contributed by atoms with van der Waals surface area (Å²) in [4.78, 5) is 4.47. The first-order valence-corrected chi connectivity index (χ1v) is 7.44. The summed E-state index contributed by atoms with van der Waals surface area (Å²) >= 11 is 1.71. The van der Waals surface area contributed by atoms with Gasteiger partial charge in [0, 0.05) is 11.9 Å². The lowest BCUT2D eigenvalue weighted by molar-refractivity contribution is 0.282. The van der Waals surface area contributed by atoms with Crippen LogP contribution in [0.2, 0.25) is 0 Å². The molecule has 0 fully saturated rings. The van der Waals surface area contributed by atoms with Gasteiger partial charge in [-0.1, -0.05) is 12.1 Å². The third kappa shape index (κ3) is 2.66. The number of rotatable bonds is 4. The number of anilines is 1. The van der Waals surface area contributed by atoms with Crippen molar-refractivity contribution in [1.82, 2.24) is 4.98 Å². The molecular formula is C16H16N2OS. The van der Waals surface area contributed by atoms with Gasteiger partial charge in [0.2, 0.25) is 0 Å². The number of nitrogens with one attached hydrogen (secondary N) is 1. The van der Waals surface area contributed by atoms with Crippen molar-refractivity contribution in [2.24, 2.45) is 0 Å². The Bertz CT molecular complexity index is 706. The van der Waals surface area contributed by atoms with E-state index in [1.165, 1.54) is 10.3 Å². The fraction of sp³-hybridized carbons (Fsp3) is 0.188. The molecule has 0 amide bonds. The van der Waals surface area contributed by atoms with Crippen LogP contribution in [0.1, 0.15) is 24.1 Å². The molecule has 0 aliphatic heterocycles. The summed E-state index contributed by atoms with van der Waals surface area (Å²) in [6.45, 7) is 2.20. The first-order valence-electron chi connectivity index (χ1n) is 6.56. The zero-order chi connectivity index (χ0) is 13.9. The summed E-state index contributed by atoms with van der Waals surface area (Å²) in [7, 11) is 0. The highest BCUT2D eigenvalue weighted by molar-refractivity contribution is 7.17. The number of pyridine rings is 1. The first kappa shape index (κ1) is 13.1. The van der Waals surface area contributed by atoms with E-state index >= 15 is 0 Å². The Morgan fingerprint density at radius 2 is 2.05 bits per heavy atom. The molecule has 0 aliphatic rings. The molecule has 4 heteroatoms. The fourth-order valence-electron chi connectivity index (χ4n) is 2.14. The second-order valence-corrected chi connectivity index (χ2v) is 5.74. The van der Waals surface area contributed by atoms with Crippen LogP contribution < -0.4 is 5.32 Å². The lowest BCUT2D eigenvalue weighted by atomic mass is 10.1. The minimum Gasteiger partial charge on any atom is -0.392 e. The van der Waals surface area contributed by atoms with Gasteiger partial charge in [0.1, 0.15) is 0 Å². The van der Waals surface area contributed by atoms with Gasteiger partial charge in [-0.25, -0.2) is 0 Å². The molecule has 1 atom stereocenters. The number of aliphatic hydroxyl groups is 1. The standard InChI is InChI=1S/C16H16N2OS/c1-11(18-14-4-2-12(10-19)3-5-14)13-8-16-15(17-9-13)6-7-20-16/h2-9,11,18-19H,10H2,1H3. The van der Waals surface area contributed by atoms with Crippen LogP contribution >= 0.6 is 11.3 Å². The van der Waals surface area contributed by atoms with E-state index in [0.29, 0.717) is 0 Å². The zero-order valence-electron chi connectivity index (χ0n) is 11.2. The van der Waals surface area contributed by atoms with E-state index in [9.17, 15) is 0 Å². The molecule has 3 nitrogen and oxygen atoms in total. The molecule has 0 saturated heterocycles. The molecule has 20 heavy (non-hydrogen) atoms. The topological polar surface area (TPSA) is 45.1 Å². The Morgan fingerprint density at radius 1 is 1.25 bits per heavy atom. The van der Waals surface area contributed by atoms with Gasteiger partial charge in [-0.2, -0.15) is 0 Å². The van der Waals surface area contributed by atoms with Crippen molar-refractivity contribution in [2.45, 2.75) is 19.6 Å². The number of benzene rings is 1. The Kier molecular flexibility index (Phi) is 3.67. The maximum atomic E-state index is 9.04. The third-order valence-electron chi connectivity index (χ3n) is 3.34. The van der Waals surface area contributed by atoms with Gasteiger partial charge < -0.3 is 10.4 Å². The molecule has 1 unspecified atom stereocenters. The molecule has 0 bridgehead atoms. The quantitative estimate of drug-likeness (QED) is 0.762. The van der Waals surface area contributed by atoms with Crippen molar-refractivity contribution >= 4 is 27.2 Å². The van der Waals surface area contributed by atoms with Crippen LogP contribution in [0.4, 0.5) is 5.69 Å². The van der Waals surface area contributed by atoms with Gasteiger partial charge in [-0.3, -0.25) is 4.98 Å². The average molecular weight is 284 g/mol. The molecule has 3 rings (SSSR count). The summed E-state index contributed by atoms with van der Waals surface area (Å²) < 4.78 is 1.21. The van der Waals surface area contributed by atoms with Crippen LogP contribution in [0.15, 0.2) is 48.0 Å². The van der Waals surface area contributed by atoms with Crippen LogP contribution in [0.3, 0.4) is 0 Å². The largest absolute Gasteiger partial charge is 0.392 e. The lowest BCUT2D eigenvalue weighted by Gasteiger charge is -2.15. The van der Waals surface area contributed by atoms with Crippen LogP contribution in [-0.4, -0.2) is 10.1 Å². The van der Waals surface area contributed by atoms with Gasteiger partial charge in [-0.15, -0.1) is 11.3 Å². The van der Waals surface area contributed by atoms with E-state index in [1.54, 1.807) is 11.3 Å². The summed E-state index contributed by atoms with van der Waals surface area (Å²) in [5.74, 6) is 0. The van der Waals surface area contributed by atoms with E-state index in [1.807, 2.05) is 36.5 Å². The number of aliphatic hydroxyl groups excluding tert-OH is 1. The molecule has 1 aromatic carbocycles. The summed E-state index contributed by atoms with van der Waals surface area (Å²) in [6, 6.07) is 12.2. The Balaban J connectivity index is 1.78. The second-order valence-electron chi connectivity index (χ2n) is 4.79. The van der Waals surface area contributed by atoms with Gasteiger partial charge in [0.05, 0.1) is 22.9 Å². The Hall–Kier alpha value is -1.91. The molecular weight excluding hydrogens is 268 g/mol. The average Bonchev–Trinajstić information content (AvgIpc) is 2.95. The summed E-state index contributed by atoms with van der Waals surface area (Å²) in [5.41, 5.74) is 4.19. The van der Waals surface area contributed by atoms with E-state index < -0.39 is 0 Å². The minimum atomic E-state index is 0.0782. The highest BCUT2D eigenvalue weighted by atomic mass is 32.1. The van der Waals surface area contributed by atoms with Crippen LogP contribution in [0, 0.1) is 0 Å². The van der Waals surface area contributed by atoms with E-state index in [-0.39, 0.29) is 12.6 Å². The number of fused-ring (bicyclic) bond motifs is 1. The summed E-state index contributed by atoms with van der Waals surface area (Å²) in [5, 5.41) is 14.6. The number of nitrogens with zero attached hydrogens (tertiary/aromatic N) is 1. The molecule has 2 aromatic heterocycles. The molecule has 102 valence electrons. The SMILES string of the molecule is CC(Nc1ccc(CO)cc1)c1cnc2ccsc2c1. The van der Waals surface area contributed by atoms with Gasteiger partial charge >= 0.3 is 0 Å². The first-order chi connectivity index (χ1) is 9.76. The van der Waals surface area contributed by atoms with Crippen molar-refractivity contribution in [3.8, 4) is 0 Å². The maximum absolute atomic E-state index is 9.04. The minimum absolute atomic E-state index is 0.0782. The second kappa shape index (κ2) is 5.61.